The molecular formula is C60H43NOSi. The number of benzene rings is 9. The Labute approximate surface area is 368 Å². The van der Waals surface area contributed by atoms with Gasteiger partial charge in [-0.15, -0.1) is 0 Å². The fourth-order valence-corrected chi connectivity index (χ4v) is 18.7. The lowest BCUT2D eigenvalue weighted by molar-refractivity contribution is 0.556. The van der Waals surface area contributed by atoms with E-state index in [1.54, 1.807) is 0 Å². The van der Waals surface area contributed by atoms with Crippen LogP contribution in [0.1, 0.15) is 58.4 Å². The van der Waals surface area contributed by atoms with Crippen molar-refractivity contribution < 1.29 is 4.42 Å². The molecule has 4 aliphatic rings. The molecule has 0 bridgehead atoms. The quantitative estimate of drug-likeness (QED) is 0.153. The molecule has 0 fully saturated rings. The van der Waals surface area contributed by atoms with Crippen molar-refractivity contribution >= 4 is 67.8 Å². The minimum atomic E-state index is -2.75. The molecule has 0 unspecified atom stereocenters. The topological polar surface area (TPSA) is 16.4 Å². The van der Waals surface area contributed by atoms with Crippen molar-refractivity contribution in [2.24, 2.45) is 0 Å². The van der Waals surface area contributed by atoms with Crippen molar-refractivity contribution in [3.8, 4) is 22.3 Å². The van der Waals surface area contributed by atoms with E-state index in [-0.39, 0.29) is 5.41 Å². The van der Waals surface area contributed by atoms with Crippen LogP contribution in [0.2, 0.25) is 0 Å². The molecule has 0 N–H and O–H groups in total. The van der Waals surface area contributed by atoms with Gasteiger partial charge in [-0.05, 0) is 127 Å². The Morgan fingerprint density at radius 3 is 1.63 bits per heavy atom. The van der Waals surface area contributed by atoms with Gasteiger partial charge in [0.25, 0.3) is 0 Å². The summed E-state index contributed by atoms with van der Waals surface area (Å²) in [4.78, 5) is 2.59. The van der Waals surface area contributed by atoms with Crippen molar-refractivity contribution in [2.45, 2.75) is 38.5 Å². The monoisotopic (exact) mass is 821 g/mol. The Morgan fingerprint density at radius 1 is 0.397 bits per heavy atom. The van der Waals surface area contributed by atoms with Gasteiger partial charge in [0.15, 0.2) is 8.07 Å². The zero-order valence-corrected chi connectivity index (χ0v) is 36.8. The molecule has 0 radical (unpaired) electrons. The third-order valence-electron chi connectivity index (χ3n) is 15.4. The first-order valence-corrected chi connectivity index (χ1v) is 24.3. The van der Waals surface area contributed by atoms with Crippen molar-refractivity contribution in [3.63, 3.8) is 0 Å². The van der Waals surface area contributed by atoms with Crippen molar-refractivity contribution in [1.82, 2.24) is 0 Å². The molecule has 0 amide bonds. The zero-order valence-electron chi connectivity index (χ0n) is 35.8. The Hall–Kier alpha value is -7.20. The average molecular weight is 822 g/mol. The number of fused-ring (bicyclic) bond motifs is 21. The molecule has 0 saturated carbocycles. The van der Waals surface area contributed by atoms with E-state index < -0.39 is 13.5 Å². The third kappa shape index (κ3) is 4.20. The van der Waals surface area contributed by atoms with Gasteiger partial charge in [-0.3, -0.25) is 0 Å². The number of para-hydroxylation sites is 2. The van der Waals surface area contributed by atoms with Crippen LogP contribution < -0.4 is 25.6 Å². The molecule has 2 nitrogen and oxygen atoms in total. The molecule has 0 saturated heterocycles. The molecule has 3 heteroatoms. The zero-order chi connectivity index (χ0) is 42.0. The molecule has 2 spiro atoms. The second-order valence-corrected chi connectivity index (χ2v) is 22.6. The molecule has 9 aromatic carbocycles. The molecule has 0 atom stereocenters. The number of furan rings is 1. The average Bonchev–Trinajstić information content (AvgIpc) is 3.92. The van der Waals surface area contributed by atoms with Crippen LogP contribution in [0, 0.1) is 13.8 Å². The number of hydrogen-bond donors (Lipinski definition) is 0. The normalized spacial score (nSPS) is 16.0. The van der Waals surface area contributed by atoms with Crippen LogP contribution in [0.5, 0.6) is 0 Å². The van der Waals surface area contributed by atoms with E-state index in [1.165, 1.54) is 105 Å². The van der Waals surface area contributed by atoms with E-state index in [9.17, 15) is 0 Å². The first-order chi connectivity index (χ1) is 30.8. The summed E-state index contributed by atoms with van der Waals surface area (Å²) in [6.07, 6.45) is 0. The first-order valence-electron chi connectivity index (χ1n) is 22.3. The number of hydrogen-bond acceptors (Lipinski definition) is 2. The summed E-state index contributed by atoms with van der Waals surface area (Å²) in [5, 5.41) is 8.25. The molecule has 14 rings (SSSR count). The molecule has 63 heavy (non-hydrogen) atoms. The molecule has 1 aliphatic carbocycles. The Bertz CT molecular complexity index is 3560. The van der Waals surface area contributed by atoms with Gasteiger partial charge in [0.2, 0.25) is 0 Å². The van der Waals surface area contributed by atoms with Crippen LogP contribution in [0.3, 0.4) is 0 Å². The summed E-state index contributed by atoms with van der Waals surface area (Å²) < 4.78 is 6.83. The highest BCUT2D eigenvalue weighted by Gasteiger charge is 2.56. The Kier molecular flexibility index (Phi) is 6.76. The maximum absolute atomic E-state index is 6.83. The molecule has 1 aromatic heterocycles. The SMILES string of the molecule is Cc1ccc2c(c1)[Si]1(c3ccccc3-c3ccc(N4c5ccccc5C5(c6cc7oc8ccccc8c7cc64)c4ccccc4C(C)(C)c4ccccc45)cc31)c1cc(C)ccc1-2. The summed E-state index contributed by atoms with van der Waals surface area (Å²) >= 11 is 0. The van der Waals surface area contributed by atoms with Gasteiger partial charge in [0, 0.05) is 21.9 Å². The second-order valence-electron chi connectivity index (χ2n) is 18.9. The standard InChI is InChI=1S/C60H43NOSi/c1-36-25-28-41-42-29-26-37(2)32-57(42)63(56(41)31-36)55-24-14-6-16-40(55)43-30-27-38(33-58(43)63)61-51-22-12-11-21-49(51)60(50-35-54-44(34-52(50)61)39-15-5-13-23-53(39)62-54)47-19-9-7-17-45(47)59(3,4)46-18-8-10-20-48(46)60/h5-35H,1-4H3. The maximum Gasteiger partial charge on any atom is 0.182 e. The molecule has 298 valence electrons. The van der Waals surface area contributed by atoms with Gasteiger partial charge in [0.1, 0.15) is 11.2 Å². The van der Waals surface area contributed by atoms with Crippen LogP contribution in [0.4, 0.5) is 17.1 Å². The molecule has 4 heterocycles. The van der Waals surface area contributed by atoms with Crippen molar-refractivity contribution in [1.29, 1.82) is 0 Å². The van der Waals surface area contributed by atoms with Gasteiger partial charge in [0.05, 0.1) is 16.8 Å². The lowest BCUT2D eigenvalue weighted by Gasteiger charge is -2.52. The van der Waals surface area contributed by atoms with E-state index in [1.807, 2.05) is 0 Å². The predicted molar refractivity (Wildman–Crippen MR) is 263 cm³/mol. The highest BCUT2D eigenvalue weighted by Crippen LogP contribution is 2.63. The Morgan fingerprint density at radius 2 is 0.937 bits per heavy atom. The number of nitrogens with zero attached hydrogens (tertiary/aromatic N) is 1. The number of anilines is 3. The largest absolute Gasteiger partial charge is 0.456 e. The molecule has 10 aromatic rings. The van der Waals surface area contributed by atoms with Crippen LogP contribution >= 0.6 is 0 Å². The van der Waals surface area contributed by atoms with E-state index in [4.69, 9.17) is 4.42 Å². The van der Waals surface area contributed by atoms with Crippen molar-refractivity contribution in [2.75, 3.05) is 4.90 Å². The fourth-order valence-electron chi connectivity index (χ4n) is 12.9. The highest BCUT2D eigenvalue weighted by atomic mass is 28.3. The van der Waals surface area contributed by atoms with Gasteiger partial charge >= 0.3 is 0 Å². The summed E-state index contributed by atoms with van der Waals surface area (Å²) in [6, 6.07) is 72.2. The van der Waals surface area contributed by atoms with Gasteiger partial charge in [-0.2, -0.15) is 0 Å². The maximum atomic E-state index is 6.83. The number of aryl methyl sites for hydroxylation is 2. The first kappa shape index (κ1) is 35.4. The smallest absolute Gasteiger partial charge is 0.182 e. The third-order valence-corrected chi connectivity index (χ3v) is 20.3. The second kappa shape index (κ2) is 12.0. The lowest BCUT2D eigenvalue weighted by atomic mass is 9.53. The van der Waals surface area contributed by atoms with E-state index in [0.29, 0.717) is 0 Å². The van der Waals surface area contributed by atoms with E-state index in [2.05, 4.69) is 221 Å². The predicted octanol–water partition coefficient (Wildman–Crippen LogP) is 12.3. The highest BCUT2D eigenvalue weighted by molar-refractivity contribution is 7.24. The minimum Gasteiger partial charge on any atom is -0.456 e. The molecular weight excluding hydrogens is 779 g/mol. The summed E-state index contributed by atoms with van der Waals surface area (Å²) in [5.41, 5.74) is 20.6. The summed E-state index contributed by atoms with van der Waals surface area (Å²) in [7, 11) is -2.75. The van der Waals surface area contributed by atoms with E-state index in [0.717, 1.165) is 21.9 Å². The van der Waals surface area contributed by atoms with Gasteiger partial charge < -0.3 is 9.32 Å². The Balaban J connectivity index is 1.12. The molecule has 3 aliphatic heterocycles. The van der Waals surface area contributed by atoms with Crippen LogP contribution in [0.15, 0.2) is 192 Å². The van der Waals surface area contributed by atoms with Crippen molar-refractivity contribution in [3.05, 3.63) is 233 Å². The minimum absolute atomic E-state index is 0.202. The van der Waals surface area contributed by atoms with Crippen LogP contribution in [-0.2, 0) is 10.8 Å². The fraction of sp³-hybridized carbons (Fsp3) is 0.100. The number of rotatable bonds is 1. The summed E-state index contributed by atoms with van der Waals surface area (Å²) in [6.45, 7) is 9.31. The van der Waals surface area contributed by atoms with Crippen LogP contribution in [0.25, 0.3) is 44.2 Å². The summed E-state index contributed by atoms with van der Waals surface area (Å²) in [5.74, 6) is 0. The van der Waals surface area contributed by atoms with Crippen LogP contribution in [-0.4, -0.2) is 8.07 Å². The lowest BCUT2D eigenvalue weighted by Crippen LogP contribution is -2.70. The van der Waals surface area contributed by atoms with Gasteiger partial charge in [-0.1, -0.05) is 177 Å². The van der Waals surface area contributed by atoms with E-state index >= 15 is 0 Å². The van der Waals surface area contributed by atoms with Gasteiger partial charge in [-0.25, -0.2) is 0 Å².